The predicted octanol–water partition coefficient (Wildman–Crippen LogP) is 1.45. The second kappa shape index (κ2) is 6.66. The average Bonchev–Trinajstić information content (AvgIpc) is 2.37. The largest absolute Gasteiger partial charge is 0.393 e. The van der Waals surface area contributed by atoms with Gasteiger partial charge in [0.05, 0.1) is 4.92 Å². The predicted molar refractivity (Wildman–Crippen MR) is 82.6 cm³/mol. The number of carbonyl (C=O) groups is 1. The third-order valence-corrected chi connectivity index (χ3v) is 4.69. The Morgan fingerprint density at radius 1 is 1.43 bits per heavy atom. The van der Waals surface area contributed by atoms with E-state index >= 15 is 0 Å². The highest BCUT2D eigenvalue weighted by Gasteiger charge is 2.19. The third kappa shape index (κ3) is 4.82. The number of nitro benzene ring substituents is 1. The lowest BCUT2D eigenvalue weighted by Crippen LogP contribution is -2.32. The molecule has 7 nitrogen and oxygen atoms in total. The van der Waals surface area contributed by atoms with Crippen LogP contribution in [-0.4, -0.2) is 32.1 Å². The number of hydrogen-bond acceptors (Lipinski definition) is 5. The van der Waals surface area contributed by atoms with Gasteiger partial charge in [-0.3, -0.25) is 19.1 Å². The van der Waals surface area contributed by atoms with E-state index in [-0.39, 0.29) is 28.2 Å². The summed E-state index contributed by atoms with van der Waals surface area (Å²) in [5, 5.41) is 13.4. The van der Waals surface area contributed by atoms with Crippen molar-refractivity contribution >= 4 is 28.1 Å². The van der Waals surface area contributed by atoms with Crippen LogP contribution < -0.4 is 11.1 Å². The van der Waals surface area contributed by atoms with Crippen LogP contribution in [0.25, 0.3) is 0 Å². The monoisotopic (exact) mass is 313 g/mol. The van der Waals surface area contributed by atoms with Crippen LogP contribution in [0.1, 0.15) is 31.1 Å². The molecule has 0 bridgehead atoms. The summed E-state index contributed by atoms with van der Waals surface area (Å²) >= 11 is 0. The Bertz CT molecular complexity index is 581. The van der Waals surface area contributed by atoms with Crippen LogP contribution in [0.4, 0.5) is 11.4 Å². The number of carbonyl (C=O) groups excluding carboxylic acids is 1. The fourth-order valence-corrected chi connectivity index (χ4v) is 2.41. The van der Waals surface area contributed by atoms with Crippen molar-refractivity contribution in [3.05, 3.63) is 33.9 Å². The normalized spacial score (nSPS) is 12.7. The number of nitrogens with one attached hydrogen (secondary N) is 1. The Morgan fingerprint density at radius 3 is 2.57 bits per heavy atom. The summed E-state index contributed by atoms with van der Waals surface area (Å²) in [5.41, 5.74) is 5.32. The maximum absolute atomic E-state index is 11.9. The van der Waals surface area contributed by atoms with E-state index in [4.69, 9.17) is 5.73 Å². The molecule has 0 aromatic heterocycles. The van der Waals surface area contributed by atoms with Gasteiger partial charge in [0.15, 0.2) is 0 Å². The van der Waals surface area contributed by atoms with Crippen LogP contribution >= 0.6 is 0 Å². The van der Waals surface area contributed by atoms with Gasteiger partial charge in [0.2, 0.25) is 0 Å². The van der Waals surface area contributed by atoms with Crippen molar-refractivity contribution < 1.29 is 13.9 Å². The molecule has 1 aromatic rings. The van der Waals surface area contributed by atoms with Gasteiger partial charge >= 0.3 is 0 Å². The van der Waals surface area contributed by atoms with Crippen molar-refractivity contribution in [2.45, 2.75) is 25.5 Å². The van der Waals surface area contributed by atoms with E-state index in [1.54, 1.807) is 0 Å². The molecular formula is C13H19N3O4S. The number of hydrogen-bond donors (Lipinski definition) is 2. The number of nitro groups is 1. The molecule has 0 saturated carbocycles. The summed E-state index contributed by atoms with van der Waals surface area (Å²) in [7, 11) is -1.07. The van der Waals surface area contributed by atoms with Gasteiger partial charge in [-0.15, -0.1) is 0 Å². The molecule has 0 spiro atoms. The first-order chi connectivity index (χ1) is 9.62. The Kier molecular flexibility index (Phi) is 5.42. The Morgan fingerprint density at radius 2 is 2.05 bits per heavy atom. The zero-order valence-electron chi connectivity index (χ0n) is 12.2. The second-order valence-electron chi connectivity index (χ2n) is 5.45. The zero-order chi connectivity index (χ0) is 16.2. The van der Waals surface area contributed by atoms with E-state index in [1.165, 1.54) is 12.1 Å². The lowest BCUT2D eigenvalue weighted by atomic mass is 10.1. The highest BCUT2D eigenvalue weighted by molar-refractivity contribution is 7.86. The Balaban J connectivity index is 2.67. The number of nitrogens with two attached hydrogens (primary N) is 1. The van der Waals surface area contributed by atoms with Gasteiger partial charge in [0.1, 0.15) is 5.69 Å². The van der Waals surface area contributed by atoms with E-state index in [0.717, 1.165) is 6.07 Å². The topological polar surface area (TPSA) is 115 Å². The summed E-state index contributed by atoms with van der Waals surface area (Å²) in [5.74, 6) is -0.129. The van der Waals surface area contributed by atoms with Crippen LogP contribution in [0.5, 0.6) is 0 Å². The van der Waals surface area contributed by atoms with Crippen molar-refractivity contribution in [1.82, 2.24) is 5.32 Å². The summed E-state index contributed by atoms with van der Waals surface area (Å²) in [6, 6.07) is 3.87. The Labute approximate surface area is 125 Å². The van der Waals surface area contributed by atoms with Crippen molar-refractivity contribution in [1.29, 1.82) is 0 Å². The molecule has 21 heavy (non-hydrogen) atoms. The van der Waals surface area contributed by atoms with Gasteiger partial charge in [-0.2, -0.15) is 0 Å². The molecule has 0 aliphatic heterocycles. The first kappa shape index (κ1) is 17.1. The van der Waals surface area contributed by atoms with E-state index < -0.39 is 21.6 Å². The molecule has 116 valence electrons. The molecule has 0 fully saturated rings. The minimum atomic E-state index is -1.07. The molecule has 0 heterocycles. The van der Waals surface area contributed by atoms with E-state index in [0.29, 0.717) is 5.75 Å². The van der Waals surface area contributed by atoms with Crippen LogP contribution in [-0.2, 0) is 10.8 Å². The highest BCUT2D eigenvalue weighted by Crippen LogP contribution is 2.22. The number of nitrogen functional groups attached to an aromatic ring is 1. The van der Waals surface area contributed by atoms with E-state index in [9.17, 15) is 19.1 Å². The maximum atomic E-state index is 11.9. The quantitative estimate of drug-likeness (QED) is 0.485. The molecule has 3 N–H and O–H groups in total. The van der Waals surface area contributed by atoms with Gasteiger partial charge in [0, 0.05) is 39.5 Å². The van der Waals surface area contributed by atoms with Crippen molar-refractivity contribution in [3.8, 4) is 0 Å². The number of rotatable bonds is 5. The molecule has 1 amide bonds. The molecular weight excluding hydrogens is 294 g/mol. The fourth-order valence-electron chi connectivity index (χ4n) is 1.51. The van der Waals surface area contributed by atoms with E-state index in [2.05, 4.69) is 5.32 Å². The zero-order valence-corrected chi connectivity index (χ0v) is 13.0. The average molecular weight is 313 g/mol. The SMILES string of the molecule is CC(C)(C)S(=O)CCNC(=O)c1ccc(N)c([N+](=O)[O-])c1. The summed E-state index contributed by atoms with van der Waals surface area (Å²) in [6.07, 6.45) is 0. The van der Waals surface area contributed by atoms with Crippen molar-refractivity contribution in [2.75, 3.05) is 18.0 Å². The highest BCUT2D eigenvalue weighted by atomic mass is 32.2. The molecule has 0 saturated heterocycles. The second-order valence-corrected chi connectivity index (χ2v) is 7.77. The molecule has 1 rings (SSSR count). The molecule has 1 unspecified atom stereocenters. The molecule has 0 radical (unpaired) electrons. The van der Waals surface area contributed by atoms with Gasteiger partial charge in [0.25, 0.3) is 11.6 Å². The van der Waals surface area contributed by atoms with Gasteiger partial charge in [-0.1, -0.05) is 0 Å². The molecule has 0 aliphatic rings. The summed E-state index contributed by atoms with van der Waals surface area (Å²) in [6.45, 7) is 5.80. The fraction of sp³-hybridized carbons (Fsp3) is 0.462. The van der Waals surface area contributed by atoms with Gasteiger partial charge in [-0.25, -0.2) is 0 Å². The van der Waals surface area contributed by atoms with Crippen molar-refractivity contribution in [3.63, 3.8) is 0 Å². The number of nitrogens with zero attached hydrogens (tertiary/aromatic N) is 1. The van der Waals surface area contributed by atoms with Gasteiger partial charge < -0.3 is 11.1 Å². The minimum absolute atomic E-state index is 0.00499. The van der Waals surface area contributed by atoms with Crippen LogP contribution in [0.15, 0.2) is 18.2 Å². The molecule has 1 aromatic carbocycles. The van der Waals surface area contributed by atoms with Crippen LogP contribution in [0.2, 0.25) is 0 Å². The van der Waals surface area contributed by atoms with Gasteiger partial charge in [-0.05, 0) is 32.9 Å². The maximum Gasteiger partial charge on any atom is 0.292 e. The number of anilines is 1. The first-order valence-corrected chi connectivity index (χ1v) is 7.65. The Hall–Kier alpha value is -1.96. The standard InChI is InChI=1S/C13H19N3O4S/c1-13(2,3)21(20)7-6-15-12(17)9-4-5-10(14)11(8-9)16(18)19/h4-5,8H,6-7,14H2,1-3H3,(H,15,17). The van der Waals surface area contributed by atoms with E-state index in [1.807, 2.05) is 20.8 Å². The van der Waals surface area contributed by atoms with Crippen LogP contribution in [0.3, 0.4) is 0 Å². The van der Waals surface area contributed by atoms with Crippen LogP contribution in [0, 0.1) is 10.1 Å². The molecule has 1 atom stereocenters. The third-order valence-electron chi connectivity index (χ3n) is 2.75. The number of amides is 1. The molecule has 8 heteroatoms. The van der Waals surface area contributed by atoms with Crippen molar-refractivity contribution in [2.24, 2.45) is 0 Å². The smallest absolute Gasteiger partial charge is 0.292 e. The minimum Gasteiger partial charge on any atom is -0.393 e. The summed E-state index contributed by atoms with van der Waals surface area (Å²) < 4.78 is 11.5. The lowest BCUT2D eigenvalue weighted by molar-refractivity contribution is -0.383. The number of benzene rings is 1. The first-order valence-electron chi connectivity index (χ1n) is 6.33. The summed E-state index contributed by atoms with van der Waals surface area (Å²) in [4.78, 5) is 22.0. The molecule has 0 aliphatic carbocycles. The lowest BCUT2D eigenvalue weighted by Gasteiger charge is -2.17.